The molecule has 0 saturated heterocycles. The van der Waals surface area contributed by atoms with Crippen LogP contribution >= 0.6 is 0 Å². The lowest BCUT2D eigenvalue weighted by atomic mass is 10.2. The molecular formula is C7H15. The van der Waals surface area contributed by atoms with E-state index >= 15 is 0 Å². The van der Waals surface area contributed by atoms with E-state index in [-0.39, 0.29) is 6.40 Å². The van der Waals surface area contributed by atoms with Crippen molar-refractivity contribution in [3.05, 3.63) is 6.92 Å². The summed E-state index contributed by atoms with van der Waals surface area (Å²) in [5.41, 5.74) is 0. The topological polar surface area (TPSA) is 0 Å². The third-order valence-electron chi connectivity index (χ3n) is 1.01. The molecule has 0 spiro atoms. The summed E-state index contributed by atoms with van der Waals surface area (Å²) in [6.07, 6.45) is 4.54. The van der Waals surface area contributed by atoms with E-state index in [1.807, 2.05) is 0 Å². The van der Waals surface area contributed by atoms with Crippen LogP contribution in [0.25, 0.3) is 0 Å². The van der Waals surface area contributed by atoms with Crippen LogP contribution in [0.4, 0.5) is 0 Å². The van der Waals surface area contributed by atoms with Crippen LogP contribution in [0.5, 0.6) is 0 Å². The van der Waals surface area contributed by atoms with E-state index in [1.54, 1.807) is 0 Å². The zero-order valence-electron chi connectivity index (χ0n) is 6.11. The first-order valence-electron chi connectivity index (χ1n) is 3.60. The minimum atomic E-state index is -0.0958. The molecule has 0 aromatic heterocycles. The van der Waals surface area contributed by atoms with Gasteiger partial charge in [-0.2, -0.15) is 0 Å². The van der Waals surface area contributed by atoms with Crippen LogP contribution < -0.4 is 0 Å². The first-order chi connectivity index (χ1) is 3.77. The van der Waals surface area contributed by atoms with Gasteiger partial charge in [0.15, 0.2) is 0 Å². The van der Waals surface area contributed by atoms with Crippen LogP contribution in [0, 0.1) is 6.92 Å². The average Bonchev–Trinajstić information content (AvgIpc) is 1.66. The van der Waals surface area contributed by atoms with Gasteiger partial charge in [0.1, 0.15) is 0 Å². The first kappa shape index (κ1) is 5.14. The molecule has 0 aromatic carbocycles. The molecule has 0 rings (SSSR count). The molecule has 43 valence electrons. The molecule has 0 N–H and O–H groups in total. The number of hydrogen-bond acceptors (Lipinski definition) is 0. The number of rotatable bonds is 4. The summed E-state index contributed by atoms with van der Waals surface area (Å²) in [4.78, 5) is 0. The molecule has 0 aliphatic heterocycles. The van der Waals surface area contributed by atoms with Gasteiger partial charge in [-0.1, -0.05) is 45.9 Å². The van der Waals surface area contributed by atoms with Gasteiger partial charge in [0.25, 0.3) is 0 Å². The maximum atomic E-state index is 7.04. The van der Waals surface area contributed by atoms with Crippen molar-refractivity contribution in [1.29, 1.82) is 0 Å². The Hall–Kier alpha value is 0. The van der Waals surface area contributed by atoms with Gasteiger partial charge >= 0.3 is 0 Å². The fourth-order valence-corrected chi connectivity index (χ4v) is 0.539. The van der Waals surface area contributed by atoms with Crippen LogP contribution in [-0.2, 0) is 0 Å². The minimum Gasteiger partial charge on any atom is -0.0654 e. The molecule has 0 amide bonds. The van der Waals surface area contributed by atoms with Crippen molar-refractivity contribution in [3.63, 3.8) is 0 Å². The van der Waals surface area contributed by atoms with Crippen LogP contribution in [0.15, 0.2) is 0 Å². The molecular weight excluding hydrogens is 84.1 g/mol. The van der Waals surface area contributed by atoms with Crippen molar-refractivity contribution in [3.8, 4) is 0 Å². The molecule has 0 bridgehead atoms. The molecule has 1 atom stereocenters. The lowest BCUT2D eigenvalue weighted by molar-refractivity contribution is 0.673. The molecule has 7 heavy (non-hydrogen) atoms. The zero-order valence-corrected chi connectivity index (χ0v) is 5.11. The van der Waals surface area contributed by atoms with E-state index in [9.17, 15) is 0 Å². The Morgan fingerprint density at radius 1 is 1.43 bits per heavy atom. The summed E-state index contributed by atoms with van der Waals surface area (Å²) >= 11 is 0. The SMILES string of the molecule is [2H]C([CH2])CCCCC. The maximum Gasteiger partial charge on any atom is 0.0267 e. The van der Waals surface area contributed by atoms with Crippen molar-refractivity contribution in [2.75, 3.05) is 0 Å². The number of unbranched alkanes of at least 4 members (excludes halogenated alkanes) is 2. The lowest BCUT2D eigenvalue weighted by Gasteiger charge is -1.90. The van der Waals surface area contributed by atoms with Crippen LogP contribution in [-0.4, -0.2) is 0 Å². The smallest absolute Gasteiger partial charge is 0.0267 e. The fraction of sp³-hybridized carbons (Fsp3) is 0.857. The Balaban J connectivity index is 2.72. The van der Waals surface area contributed by atoms with E-state index in [0.29, 0.717) is 0 Å². The zero-order chi connectivity index (χ0) is 6.41. The van der Waals surface area contributed by atoms with Crippen LogP contribution in [0.1, 0.15) is 40.4 Å². The Morgan fingerprint density at radius 3 is 2.57 bits per heavy atom. The highest BCUT2D eigenvalue weighted by atomic mass is 13.9. The molecule has 0 nitrogen and oxygen atoms in total. The van der Waals surface area contributed by atoms with Crippen molar-refractivity contribution >= 4 is 0 Å². The minimum absolute atomic E-state index is 0.0958. The Morgan fingerprint density at radius 2 is 2.14 bits per heavy atom. The third kappa shape index (κ3) is 6.00. The molecule has 0 fully saturated rings. The van der Waals surface area contributed by atoms with E-state index in [1.165, 1.54) is 19.3 Å². The van der Waals surface area contributed by atoms with Crippen molar-refractivity contribution in [2.24, 2.45) is 0 Å². The molecule has 1 unspecified atom stereocenters. The highest BCUT2D eigenvalue weighted by Crippen LogP contribution is 1.99. The predicted molar refractivity (Wildman–Crippen MR) is 34.1 cm³/mol. The van der Waals surface area contributed by atoms with Crippen LogP contribution in [0.3, 0.4) is 0 Å². The molecule has 0 aromatic rings. The summed E-state index contributed by atoms with van der Waals surface area (Å²) in [7, 11) is 0. The molecule has 0 aliphatic carbocycles. The summed E-state index contributed by atoms with van der Waals surface area (Å²) in [5.74, 6) is 0. The summed E-state index contributed by atoms with van der Waals surface area (Å²) in [6.45, 7) is 5.75. The second-order valence-electron chi connectivity index (χ2n) is 1.78. The van der Waals surface area contributed by atoms with Gasteiger partial charge in [0.2, 0.25) is 0 Å². The summed E-state index contributed by atoms with van der Waals surface area (Å²) in [6, 6.07) is 0. The van der Waals surface area contributed by atoms with Crippen molar-refractivity contribution in [1.82, 2.24) is 0 Å². The van der Waals surface area contributed by atoms with Crippen LogP contribution in [0.2, 0.25) is 0 Å². The summed E-state index contributed by atoms with van der Waals surface area (Å²) < 4.78 is 7.04. The van der Waals surface area contributed by atoms with Gasteiger partial charge in [-0.25, -0.2) is 0 Å². The van der Waals surface area contributed by atoms with E-state index in [2.05, 4.69) is 13.8 Å². The Labute approximate surface area is 48.3 Å². The maximum absolute atomic E-state index is 7.04. The number of hydrogen-bond donors (Lipinski definition) is 0. The standard InChI is InChI=1S/C7H15/c1-3-5-7-6-4-2/h1,3-7H2,2H3/i3D. The van der Waals surface area contributed by atoms with Gasteiger partial charge in [-0.3, -0.25) is 0 Å². The Kier molecular flexibility index (Phi) is 4.41. The van der Waals surface area contributed by atoms with Gasteiger partial charge in [-0.05, 0) is 0 Å². The highest BCUT2D eigenvalue weighted by molar-refractivity contribution is 4.41. The van der Waals surface area contributed by atoms with E-state index < -0.39 is 0 Å². The fourth-order valence-electron chi connectivity index (χ4n) is 0.539. The van der Waals surface area contributed by atoms with Gasteiger partial charge in [-0.15, -0.1) is 0 Å². The van der Waals surface area contributed by atoms with Crippen molar-refractivity contribution in [2.45, 2.75) is 39.0 Å². The first-order valence-corrected chi connectivity index (χ1v) is 3.02. The van der Waals surface area contributed by atoms with E-state index in [0.717, 1.165) is 6.42 Å². The van der Waals surface area contributed by atoms with Crippen molar-refractivity contribution < 1.29 is 1.37 Å². The average molecular weight is 100 g/mol. The summed E-state index contributed by atoms with van der Waals surface area (Å²) in [5, 5.41) is 0. The second kappa shape index (κ2) is 6.00. The molecule has 0 heterocycles. The lowest BCUT2D eigenvalue weighted by Crippen LogP contribution is -1.71. The quantitative estimate of drug-likeness (QED) is 0.476. The molecule has 0 saturated carbocycles. The second-order valence-corrected chi connectivity index (χ2v) is 1.78. The molecule has 0 aliphatic rings. The third-order valence-corrected chi connectivity index (χ3v) is 1.01. The largest absolute Gasteiger partial charge is 0.0654 e. The van der Waals surface area contributed by atoms with Gasteiger partial charge in [0, 0.05) is 1.37 Å². The normalized spacial score (nSPS) is 16.0. The van der Waals surface area contributed by atoms with Gasteiger partial charge < -0.3 is 0 Å². The monoisotopic (exact) mass is 100 g/mol. The van der Waals surface area contributed by atoms with E-state index in [4.69, 9.17) is 1.37 Å². The highest BCUT2D eigenvalue weighted by Gasteiger charge is 1.80. The Bertz CT molecular complexity index is 41.7. The van der Waals surface area contributed by atoms with Gasteiger partial charge in [0.05, 0.1) is 0 Å². The predicted octanol–water partition coefficient (Wildman–Crippen LogP) is 2.79. The molecule has 1 radical (unpaired) electrons. The molecule has 0 heteroatoms.